The van der Waals surface area contributed by atoms with Crippen LogP contribution >= 0.6 is 11.6 Å². The average molecular weight is 310 g/mol. The molecular formula is C15H17ClFN3O. The quantitative estimate of drug-likeness (QED) is 0.914. The van der Waals surface area contributed by atoms with Crippen molar-refractivity contribution in [2.75, 3.05) is 0 Å². The lowest BCUT2D eigenvalue weighted by Crippen LogP contribution is -2.42. The van der Waals surface area contributed by atoms with Crippen molar-refractivity contribution in [3.63, 3.8) is 0 Å². The minimum absolute atomic E-state index is 0.0287. The molecule has 1 saturated carbocycles. The second kappa shape index (κ2) is 5.39. The van der Waals surface area contributed by atoms with Crippen molar-refractivity contribution < 1.29 is 8.91 Å². The van der Waals surface area contributed by atoms with Crippen LogP contribution < -0.4 is 5.73 Å². The Kier molecular flexibility index (Phi) is 3.71. The maximum Gasteiger partial charge on any atom is 0.258 e. The van der Waals surface area contributed by atoms with Crippen LogP contribution in [-0.4, -0.2) is 10.1 Å². The lowest BCUT2D eigenvalue weighted by molar-refractivity contribution is 0.222. The van der Waals surface area contributed by atoms with Gasteiger partial charge in [0.25, 0.3) is 5.89 Å². The summed E-state index contributed by atoms with van der Waals surface area (Å²) >= 11 is 5.78. The molecule has 4 nitrogen and oxygen atoms in total. The van der Waals surface area contributed by atoms with Crippen molar-refractivity contribution in [3.8, 4) is 11.5 Å². The normalized spacial score (nSPS) is 26.0. The third-order valence-electron chi connectivity index (χ3n) is 4.07. The van der Waals surface area contributed by atoms with Gasteiger partial charge in [0.15, 0.2) is 5.82 Å². The van der Waals surface area contributed by atoms with E-state index >= 15 is 0 Å². The number of aromatic nitrogens is 2. The largest absolute Gasteiger partial charge is 0.334 e. The summed E-state index contributed by atoms with van der Waals surface area (Å²) in [5, 5.41) is 4.06. The van der Waals surface area contributed by atoms with Gasteiger partial charge in [0.1, 0.15) is 5.82 Å². The maximum atomic E-state index is 13.2. The molecule has 0 spiro atoms. The monoisotopic (exact) mass is 309 g/mol. The summed E-state index contributed by atoms with van der Waals surface area (Å²) in [6.07, 6.45) is 3.93. The first-order valence-corrected chi connectivity index (χ1v) is 7.44. The van der Waals surface area contributed by atoms with Gasteiger partial charge in [-0.2, -0.15) is 4.98 Å². The Labute approximate surface area is 127 Å². The summed E-state index contributed by atoms with van der Waals surface area (Å²) in [6.45, 7) is 2.18. The first-order valence-electron chi connectivity index (χ1n) is 7.06. The molecule has 1 aromatic carbocycles. The van der Waals surface area contributed by atoms with Gasteiger partial charge in [-0.05, 0) is 37.0 Å². The van der Waals surface area contributed by atoms with E-state index in [4.69, 9.17) is 21.9 Å². The van der Waals surface area contributed by atoms with Crippen LogP contribution in [0.15, 0.2) is 22.7 Å². The van der Waals surface area contributed by atoms with E-state index < -0.39 is 11.4 Å². The number of nitrogens with zero attached hydrogens (tertiary/aromatic N) is 2. The van der Waals surface area contributed by atoms with Crippen molar-refractivity contribution in [1.29, 1.82) is 0 Å². The maximum absolute atomic E-state index is 13.2. The highest BCUT2D eigenvalue weighted by Crippen LogP contribution is 2.37. The van der Waals surface area contributed by atoms with Crippen LogP contribution in [0, 0.1) is 11.7 Å². The lowest BCUT2D eigenvalue weighted by Gasteiger charge is -2.33. The van der Waals surface area contributed by atoms with Crippen molar-refractivity contribution in [2.45, 2.75) is 38.1 Å². The van der Waals surface area contributed by atoms with E-state index in [0.29, 0.717) is 23.2 Å². The summed E-state index contributed by atoms with van der Waals surface area (Å²) in [7, 11) is 0. The molecule has 1 fully saturated rings. The minimum Gasteiger partial charge on any atom is -0.334 e. The number of benzene rings is 1. The molecule has 2 atom stereocenters. The van der Waals surface area contributed by atoms with E-state index in [0.717, 1.165) is 19.3 Å². The third-order valence-corrected chi connectivity index (χ3v) is 4.36. The van der Waals surface area contributed by atoms with Gasteiger partial charge in [-0.15, -0.1) is 0 Å². The Bertz CT molecular complexity index is 660. The van der Waals surface area contributed by atoms with Gasteiger partial charge in [-0.1, -0.05) is 36.5 Å². The molecule has 3 rings (SSSR count). The fourth-order valence-electron chi connectivity index (χ4n) is 2.97. The van der Waals surface area contributed by atoms with Crippen LogP contribution in [0.2, 0.25) is 5.02 Å². The summed E-state index contributed by atoms with van der Waals surface area (Å²) < 4.78 is 18.5. The zero-order chi connectivity index (χ0) is 15.0. The molecule has 1 aliphatic rings. The molecule has 2 unspecified atom stereocenters. The topological polar surface area (TPSA) is 64.9 Å². The van der Waals surface area contributed by atoms with Crippen LogP contribution in [0.1, 0.15) is 38.4 Å². The van der Waals surface area contributed by atoms with Gasteiger partial charge in [0, 0.05) is 5.56 Å². The van der Waals surface area contributed by atoms with Crippen LogP contribution in [-0.2, 0) is 5.54 Å². The molecule has 21 heavy (non-hydrogen) atoms. The Hall–Kier alpha value is -1.46. The molecule has 0 radical (unpaired) electrons. The van der Waals surface area contributed by atoms with Gasteiger partial charge in [-0.25, -0.2) is 4.39 Å². The first-order chi connectivity index (χ1) is 9.98. The summed E-state index contributed by atoms with van der Waals surface area (Å²) in [4.78, 5) is 4.40. The van der Waals surface area contributed by atoms with Gasteiger partial charge in [0.2, 0.25) is 0 Å². The zero-order valence-corrected chi connectivity index (χ0v) is 12.5. The van der Waals surface area contributed by atoms with E-state index in [-0.39, 0.29) is 5.02 Å². The van der Waals surface area contributed by atoms with Crippen molar-refractivity contribution >= 4 is 11.6 Å². The molecule has 2 N–H and O–H groups in total. The van der Waals surface area contributed by atoms with Gasteiger partial charge >= 0.3 is 0 Å². The smallest absolute Gasteiger partial charge is 0.258 e. The van der Waals surface area contributed by atoms with E-state index in [1.165, 1.54) is 18.6 Å². The summed E-state index contributed by atoms with van der Waals surface area (Å²) in [6, 6.07) is 4.31. The fraction of sp³-hybridized carbons (Fsp3) is 0.467. The highest BCUT2D eigenvalue weighted by molar-refractivity contribution is 6.31. The first kappa shape index (κ1) is 14.5. The standard InChI is InChI=1S/C15H17ClFN3O/c1-9-3-2-6-15(18,8-9)14-19-13(21-20-14)10-4-5-12(17)11(16)7-10/h4-5,7,9H,2-3,6,8,18H2,1H3. The molecule has 0 bridgehead atoms. The number of rotatable bonds is 2. The highest BCUT2D eigenvalue weighted by atomic mass is 35.5. The number of hydrogen-bond acceptors (Lipinski definition) is 4. The SMILES string of the molecule is CC1CCCC(N)(c2noc(-c3ccc(F)c(Cl)c3)n2)C1. The van der Waals surface area contributed by atoms with Gasteiger partial charge < -0.3 is 10.3 Å². The molecule has 0 saturated heterocycles. The Balaban J connectivity index is 1.90. The second-order valence-corrected chi connectivity index (χ2v) is 6.32. The molecule has 0 aliphatic heterocycles. The molecule has 112 valence electrons. The van der Waals surface area contributed by atoms with Crippen LogP contribution in [0.3, 0.4) is 0 Å². The lowest BCUT2D eigenvalue weighted by atomic mass is 9.76. The molecule has 6 heteroatoms. The van der Waals surface area contributed by atoms with Crippen molar-refractivity contribution in [3.05, 3.63) is 34.9 Å². The number of halogens is 2. The van der Waals surface area contributed by atoms with Gasteiger partial charge in [-0.3, -0.25) is 0 Å². The molecular weight excluding hydrogens is 293 g/mol. The van der Waals surface area contributed by atoms with E-state index in [2.05, 4.69) is 17.1 Å². The Morgan fingerprint density at radius 1 is 1.48 bits per heavy atom. The number of hydrogen-bond donors (Lipinski definition) is 1. The average Bonchev–Trinajstić information content (AvgIpc) is 2.92. The Morgan fingerprint density at radius 2 is 2.29 bits per heavy atom. The van der Waals surface area contributed by atoms with Crippen molar-refractivity contribution in [1.82, 2.24) is 10.1 Å². The van der Waals surface area contributed by atoms with E-state index in [9.17, 15) is 4.39 Å². The fourth-order valence-corrected chi connectivity index (χ4v) is 3.15. The Morgan fingerprint density at radius 3 is 3.00 bits per heavy atom. The van der Waals surface area contributed by atoms with Crippen LogP contribution in [0.5, 0.6) is 0 Å². The molecule has 2 aromatic rings. The van der Waals surface area contributed by atoms with Crippen LogP contribution in [0.4, 0.5) is 4.39 Å². The third kappa shape index (κ3) is 2.80. The molecule has 1 aromatic heterocycles. The zero-order valence-electron chi connectivity index (χ0n) is 11.8. The molecule has 1 heterocycles. The molecule has 1 aliphatic carbocycles. The highest BCUT2D eigenvalue weighted by Gasteiger charge is 2.37. The predicted octanol–water partition coefficient (Wildman–Crippen LogP) is 3.89. The minimum atomic E-state index is -0.538. The summed E-state index contributed by atoms with van der Waals surface area (Å²) in [5.74, 6) is 0.905. The molecule has 0 amide bonds. The van der Waals surface area contributed by atoms with Gasteiger partial charge in [0.05, 0.1) is 10.6 Å². The second-order valence-electron chi connectivity index (χ2n) is 5.91. The van der Waals surface area contributed by atoms with Crippen LogP contribution in [0.25, 0.3) is 11.5 Å². The summed E-state index contributed by atoms with van der Waals surface area (Å²) in [5.41, 5.74) is 6.50. The number of nitrogens with two attached hydrogens (primary N) is 1. The predicted molar refractivity (Wildman–Crippen MR) is 78.2 cm³/mol. The van der Waals surface area contributed by atoms with E-state index in [1.54, 1.807) is 6.07 Å². The van der Waals surface area contributed by atoms with E-state index in [1.807, 2.05) is 0 Å². The van der Waals surface area contributed by atoms with Crippen molar-refractivity contribution in [2.24, 2.45) is 11.7 Å².